The first kappa shape index (κ1) is 12.7. The van der Waals surface area contributed by atoms with Crippen molar-refractivity contribution < 1.29 is 4.74 Å². The standard InChI is InChI=1S/C11H15N5OS/c1-7(11-13-3-4-18-11)14-9-5-8(12)15-10(16-9)6-17-2/h3-5,7H,6H2,1-2H3,(H3,12,14,15,16). The van der Waals surface area contributed by atoms with Gasteiger partial charge in [0.2, 0.25) is 0 Å². The van der Waals surface area contributed by atoms with Crippen LogP contribution in [0.4, 0.5) is 11.6 Å². The SMILES string of the molecule is COCc1nc(N)cc(NC(C)c2nccs2)n1. The van der Waals surface area contributed by atoms with Crippen LogP contribution in [0.5, 0.6) is 0 Å². The number of ether oxygens (including phenoxy) is 1. The Balaban J connectivity index is 2.13. The first-order valence-corrected chi connectivity index (χ1v) is 6.35. The lowest BCUT2D eigenvalue weighted by Gasteiger charge is -2.13. The van der Waals surface area contributed by atoms with E-state index in [-0.39, 0.29) is 6.04 Å². The number of methoxy groups -OCH3 is 1. The molecule has 0 fully saturated rings. The number of nitrogens with two attached hydrogens (primary N) is 1. The van der Waals surface area contributed by atoms with E-state index in [0.717, 1.165) is 5.01 Å². The van der Waals surface area contributed by atoms with E-state index in [9.17, 15) is 0 Å². The third-order valence-electron chi connectivity index (χ3n) is 2.25. The van der Waals surface area contributed by atoms with Crippen molar-refractivity contribution in [3.05, 3.63) is 28.5 Å². The molecule has 0 aliphatic carbocycles. The topological polar surface area (TPSA) is 86.0 Å². The largest absolute Gasteiger partial charge is 0.384 e. The van der Waals surface area contributed by atoms with Crippen molar-refractivity contribution in [2.45, 2.75) is 19.6 Å². The molecule has 1 unspecified atom stereocenters. The molecule has 96 valence electrons. The summed E-state index contributed by atoms with van der Waals surface area (Å²) in [4.78, 5) is 12.7. The molecule has 0 aliphatic rings. The molecule has 2 aromatic rings. The lowest BCUT2D eigenvalue weighted by atomic mass is 10.3. The number of aromatic nitrogens is 3. The lowest BCUT2D eigenvalue weighted by molar-refractivity contribution is 0.178. The highest BCUT2D eigenvalue weighted by atomic mass is 32.1. The highest BCUT2D eigenvalue weighted by molar-refractivity contribution is 7.09. The fourth-order valence-electron chi connectivity index (χ4n) is 1.52. The van der Waals surface area contributed by atoms with Crippen LogP contribution in [0.15, 0.2) is 17.6 Å². The summed E-state index contributed by atoms with van der Waals surface area (Å²) in [5.74, 6) is 1.66. The minimum Gasteiger partial charge on any atom is -0.384 e. The Morgan fingerprint density at radius 1 is 1.50 bits per heavy atom. The molecule has 0 radical (unpaired) electrons. The van der Waals surface area contributed by atoms with E-state index in [1.165, 1.54) is 0 Å². The number of thiazole rings is 1. The Morgan fingerprint density at radius 2 is 2.33 bits per heavy atom. The van der Waals surface area contributed by atoms with E-state index in [2.05, 4.69) is 20.3 Å². The van der Waals surface area contributed by atoms with Gasteiger partial charge in [0.1, 0.15) is 23.3 Å². The Kier molecular flexibility index (Phi) is 4.06. The molecule has 2 rings (SSSR count). The van der Waals surface area contributed by atoms with Gasteiger partial charge in [-0.25, -0.2) is 15.0 Å². The van der Waals surface area contributed by atoms with Crippen LogP contribution < -0.4 is 11.1 Å². The molecule has 0 saturated carbocycles. The van der Waals surface area contributed by atoms with Gasteiger partial charge in [-0.1, -0.05) is 0 Å². The van der Waals surface area contributed by atoms with Gasteiger partial charge in [-0.3, -0.25) is 0 Å². The zero-order chi connectivity index (χ0) is 13.0. The van der Waals surface area contributed by atoms with Crippen LogP contribution in [0.3, 0.4) is 0 Å². The smallest absolute Gasteiger partial charge is 0.158 e. The van der Waals surface area contributed by atoms with Crippen LogP contribution >= 0.6 is 11.3 Å². The Morgan fingerprint density at radius 3 is 3.00 bits per heavy atom. The molecule has 3 N–H and O–H groups in total. The maximum absolute atomic E-state index is 5.72. The molecule has 18 heavy (non-hydrogen) atoms. The molecule has 0 aromatic carbocycles. The summed E-state index contributed by atoms with van der Waals surface area (Å²) in [6, 6.07) is 1.78. The predicted octanol–water partition coefficient (Wildman–Crippen LogP) is 1.83. The molecule has 0 spiro atoms. The van der Waals surface area contributed by atoms with Crippen molar-refractivity contribution in [2.75, 3.05) is 18.2 Å². The zero-order valence-electron chi connectivity index (χ0n) is 10.3. The number of rotatable bonds is 5. The van der Waals surface area contributed by atoms with Gasteiger partial charge in [0.25, 0.3) is 0 Å². The van der Waals surface area contributed by atoms with Gasteiger partial charge >= 0.3 is 0 Å². The van der Waals surface area contributed by atoms with Crippen molar-refractivity contribution in [3.8, 4) is 0 Å². The van der Waals surface area contributed by atoms with Crippen LogP contribution in [0, 0.1) is 0 Å². The van der Waals surface area contributed by atoms with E-state index in [1.54, 1.807) is 30.7 Å². The second kappa shape index (κ2) is 5.74. The highest BCUT2D eigenvalue weighted by Crippen LogP contribution is 2.20. The quantitative estimate of drug-likeness (QED) is 0.857. The van der Waals surface area contributed by atoms with Crippen molar-refractivity contribution in [3.63, 3.8) is 0 Å². The number of anilines is 2. The van der Waals surface area contributed by atoms with E-state index >= 15 is 0 Å². The summed E-state index contributed by atoms with van der Waals surface area (Å²) in [5.41, 5.74) is 5.72. The molecule has 0 saturated heterocycles. The van der Waals surface area contributed by atoms with Crippen LogP contribution in [-0.2, 0) is 11.3 Å². The van der Waals surface area contributed by atoms with Crippen LogP contribution in [0.1, 0.15) is 23.8 Å². The minimum atomic E-state index is 0.0784. The minimum absolute atomic E-state index is 0.0784. The number of nitrogen functional groups attached to an aromatic ring is 1. The van der Waals surface area contributed by atoms with Crippen LogP contribution in [0.2, 0.25) is 0 Å². The molecule has 1 atom stereocenters. The van der Waals surface area contributed by atoms with Gasteiger partial charge in [0.05, 0.1) is 6.04 Å². The van der Waals surface area contributed by atoms with Gasteiger partial charge in [0, 0.05) is 24.8 Å². The number of hydrogen-bond acceptors (Lipinski definition) is 7. The van der Waals surface area contributed by atoms with Crippen LogP contribution in [0.25, 0.3) is 0 Å². The van der Waals surface area contributed by atoms with Gasteiger partial charge in [-0.05, 0) is 6.92 Å². The van der Waals surface area contributed by atoms with Gasteiger partial charge in [-0.2, -0.15) is 0 Å². The highest BCUT2D eigenvalue weighted by Gasteiger charge is 2.10. The molecule has 2 heterocycles. The predicted molar refractivity (Wildman–Crippen MR) is 71.3 cm³/mol. The summed E-state index contributed by atoms with van der Waals surface area (Å²) >= 11 is 1.60. The average Bonchev–Trinajstić information content (AvgIpc) is 2.81. The Bertz CT molecular complexity index is 502. The van der Waals surface area contributed by atoms with Crippen LogP contribution in [-0.4, -0.2) is 22.1 Å². The number of nitrogens with one attached hydrogen (secondary N) is 1. The Labute approximate surface area is 109 Å². The molecule has 7 heteroatoms. The fourth-order valence-corrected chi connectivity index (χ4v) is 2.16. The molecule has 0 amide bonds. The zero-order valence-corrected chi connectivity index (χ0v) is 11.1. The molecule has 0 aliphatic heterocycles. The fraction of sp³-hybridized carbons (Fsp3) is 0.364. The first-order valence-electron chi connectivity index (χ1n) is 5.47. The maximum atomic E-state index is 5.72. The number of nitrogens with zero attached hydrogens (tertiary/aromatic N) is 3. The first-order chi connectivity index (χ1) is 8.69. The summed E-state index contributed by atoms with van der Waals surface area (Å²) in [7, 11) is 1.60. The van der Waals surface area contributed by atoms with E-state index in [1.807, 2.05) is 12.3 Å². The maximum Gasteiger partial charge on any atom is 0.158 e. The van der Waals surface area contributed by atoms with Crippen molar-refractivity contribution in [1.82, 2.24) is 15.0 Å². The third kappa shape index (κ3) is 3.14. The average molecular weight is 265 g/mol. The second-order valence-electron chi connectivity index (χ2n) is 3.76. The molecule has 2 aromatic heterocycles. The summed E-state index contributed by atoms with van der Waals surface area (Å²) in [5, 5.41) is 6.19. The molecular formula is C11H15N5OS. The van der Waals surface area contributed by atoms with Crippen molar-refractivity contribution >= 4 is 23.0 Å². The lowest BCUT2D eigenvalue weighted by Crippen LogP contribution is -2.10. The molecular weight excluding hydrogens is 250 g/mol. The third-order valence-corrected chi connectivity index (χ3v) is 3.21. The van der Waals surface area contributed by atoms with E-state index < -0.39 is 0 Å². The summed E-state index contributed by atoms with van der Waals surface area (Å²) < 4.78 is 5.00. The monoisotopic (exact) mass is 265 g/mol. The van der Waals surface area contributed by atoms with Crippen molar-refractivity contribution in [1.29, 1.82) is 0 Å². The molecule has 0 bridgehead atoms. The summed E-state index contributed by atoms with van der Waals surface area (Å²) in [6.45, 7) is 2.36. The summed E-state index contributed by atoms with van der Waals surface area (Å²) in [6.07, 6.45) is 1.78. The normalized spacial score (nSPS) is 12.3. The Hall–Kier alpha value is -1.73. The van der Waals surface area contributed by atoms with Gasteiger partial charge in [-0.15, -0.1) is 11.3 Å². The molecule has 6 nitrogen and oxygen atoms in total. The number of hydrogen-bond donors (Lipinski definition) is 2. The van der Waals surface area contributed by atoms with E-state index in [4.69, 9.17) is 10.5 Å². The van der Waals surface area contributed by atoms with E-state index in [0.29, 0.717) is 24.1 Å². The van der Waals surface area contributed by atoms with Crippen molar-refractivity contribution in [2.24, 2.45) is 0 Å². The van der Waals surface area contributed by atoms with Gasteiger partial charge in [0.15, 0.2) is 5.82 Å². The van der Waals surface area contributed by atoms with Gasteiger partial charge < -0.3 is 15.8 Å². The second-order valence-corrected chi connectivity index (χ2v) is 4.69.